The summed E-state index contributed by atoms with van der Waals surface area (Å²) in [6.45, 7) is 7.76. The second kappa shape index (κ2) is 5.16. The third-order valence-corrected chi connectivity index (χ3v) is 2.79. The average Bonchev–Trinajstić information content (AvgIpc) is 2.18. The second-order valence-corrected chi connectivity index (χ2v) is 4.15. The van der Waals surface area contributed by atoms with E-state index in [-0.39, 0.29) is 0 Å². The van der Waals surface area contributed by atoms with E-state index in [4.69, 9.17) is 0 Å². The van der Waals surface area contributed by atoms with Crippen molar-refractivity contribution in [2.75, 3.05) is 13.6 Å². The first kappa shape index (κ1) is 11.3. The highest BCUT2D eigenvalue weighted by molar-refractivity contribution is 5.32. The molecule has 14 heavy (non-hydrogen) atoms. The van der Waals surface area contributed by atoms with E-state index in [1.54, 1.807) is 0 Å². The van der Waals surface area contributed by atoms with E-state index >= 15 is 0 Å². The number of rotatable bonds is 4. The van der Waals surface area contributed by atoms with Gasteiger partial charge < -0.3 is 5.32 Å². The van der Waals surface area contributed by atoms with Crippen LogP contribution in [0.5, 0.6) is 0 Å². The highest BCUT2D eigenvalue weighted by Crippen LogP contribution is 2.23. The maximum Gasteiger partial charge on any atom is -0.00462 e. The Morgan fingerprint density at radius 3 is 2.64 bits per heavy atom. The third kappa shape index (κ3) is 2.85. The van der Waals surface area contributed by atoms with Crippen LogP contribution in [0.4, 0.5) is 0 Å². The van der Waals surface area contributed by atoms with Crippen LogP contribution >= 0.6 is 0 Å². The van der Waals surface area contributed by atoms with Gasteiger partial charge in [-0.1, -0.05) is 30.7 Å². The number of aryl methyl sites for hydroxylation is 2. The number of hydrogen-bond donors (Lipinski definition) is 1. The Morgan fingerprint density at radius 1 is 1.29 bits per heavy atom. The van der Waals surface area contributed by atoms with Gasteiger partial charge in [0.2, 0.25) is 0 Å². The van der Waals surface area contributed by atoms with Gasteiger partial charge in [-0.3, -0.25) is 0 Å². The van der Waals surface area contributed by atoms with Gasteiger partial charge in [0, 0.05) is 0 Å². The van der Waals surface area contributed by atoms with Gasteiger partial charge >= 0.3 is 0 Å². The topological polar surface area (TPSA) is 12.0 Å². The summed E-state index contributed by atoms with van der Waals surface area (Å²) in [4.78, 5) is 0. The lowest BCUT2D eigenvalue weighted by atomic mass is 9.92. The van der Waals surface area contributed by atoms with E-state index in [9.17, 15) is 0 Å². The summed E-state index contributed by atoms with van der Waals surface area (Å²) in [6.07, 6.45) is 1.21. The van der Waals surface area contributed by atoms with Gasteiger partial charge in [0.05, 0.1) is 0 Å². The van der Waals surface area contributed by atoms with E-state index in [0.29, 0.717) is 5.92 Å². The molecule has 0 radical (unpaired) electrons. The van der Waals surface area contributed by atoms with Gasteiger partial charge in [-0.15, -0.1) is 0 Å². The highest BCUT2D eigenvalue weighted by Gasteiger charge is 2.07. The van der Waals surface area contributed by atoms with Crippen LogP contribution in [0.1, 0.15) is 36.0 Å². The molecule has 1 heteroatoms. The zero-order chi connectivity index (χ0) is 10.6. The SMILES string of the molecule is CNCCC(C)c1cc(C)ccc1C. The van der Waals surface area contributed by atoms with E-state index in [1.165, 1.54) is 23.1 Å². The van der Waals surface area contributed by atoms with Crippen LogP contribution in [0.3, 0.4) is 0 Å². The molecule has 0 saturated heterocycles. The molecule has 0 aromatic heterocycles. The molecule has 1 aromatic rings. The van der Waals surface area contributed by atoms with Gasteiger partial charge in [0.1, 0.15) is 0 Å². The van der Waals surface area contributed by atoms with Crippen molar-refractivity contribution in [3.8, 4) is 0 Å². The van der Waals surface area contributed by atoms with Crippen molar-refractivity contribution < 1.29 is 0 Å². The highest BCUT2D eigenvalue weighted by atomic mass is 14.8. The fourth-order valence-electron chi connectivity index (χ4n) is 1.81. The van der Waals surface area contributed by atoms with Crippen LogP contribution in [-0.4, -0.2) is 13.6 Å². The molecule has 1 aromatic carbocycles. The predicted molar refractivity (Wildman–Crippen MR) is 62.9 cm³/mol. The zero-order valence-electron chi connectivity index (χ0n) is 9.72. The standard InChI is InChI=1S/C13H21N/c1-10-5-6-11(2)13(9-10)12(3)7-8-14-4/h5-6,9,12,14H,7-8H2,1-4H3. The Balaban J connectivity index is 2.77. The van der Waals surface area contributed by atoms with E-state index in [0.717, 1.165) is 6.54 Å². The number of benzene rings is 1. The summed E-state index contributed by atoms with van der Waals surface area (Å²) in [7, 11) is 2.01. The Labute approximate surface area is 87.5 Å². The van der Waals surface area contributed by atoms with Crippen molar-refractivity contribution in [2.24, 2.45) is 0 Å². The van der Waals surface area contributed by atoms with Crippen molar-refractivity contribution in [1.29, 1.82) is 0 Å². The molecular weight excluding hydrogens is 170 g/mol. The molecule has 0 bridgehead atoms. The zero-order valence-corrected chi connectivity index (χ0v) is 9.72. The molecule has 0 saturated carbocycles. The molecule has 0 heterocycles. The molecule has 1 unspecified atom stereocenters. The molecule has 0 amide bonds. The lowest BCUT2D eigenvalue weighted by Crippen LogP contribution is -2.11. The van der Waals surface area contributed by atoms with Crippen LogP contribution in [0.25, 0.3) is 0 Å². The lowest BCUT2D eigenvalue weighted by Gasteiger charge is -2.15. The quantitative estimate of drug-likeness (QED) is 0.771. The monoisotopic (exact) mass is 191 g/mol. The van der Waals surface area contributed by atoms with E-state index in [1.807, 2.05) is 7.05 Å². The van der Waals surface area contributed by atoms with Gasteiger partial charge in [0.15, 0.2) is 0 Å². The van der Waals surface area contributed by atoms with Gasteiger partial charge in [-0.05, 0) is 50.9 Å². The molecule has 0 spiro atoms. The molecular formula is C13H21N. The minimum atomic E-state index is 0.655. The summed E-state index contributed by atoms with van der Waals surface area (Å²) in [6, 6.07) is 6.72. The average molecular weight is 191 g/mol. The fraction of sp³-hybridized carbons (Fsp3) is 0.538. The molecule has 0 fully saturated rings. The van der Waals surface area contributed by atoms with Crippen molar-refractivity contribution in [2.45, 2.75) is 33.1 Å². The minimum Gasteiger partial charge on any atom is -0.320 e. The maximum absolute atomic E-state index is 3.20. The molecule has 1 rings (SSSR count). The number of nitrogens with one attached hydrogen (secondary N) is 1. The molecule has 0 aliphatic carbocycles. The fourth-order valence-corrected chi connectivity index (χ4v) is 1.81. The summed E-state index contributed by atoms with van der Waals surface area (Å²) in [5.41, 5.74) is 4.28. The van der Waals surface area contributed by atoms with Crippen LogP contribution in [0.2, 0.25) is 0 Å². The minimum absolute atomic E-state index is 0.655. The van der Waals surface area contributed by atoms with Crippen molar-refractivity contribution >= 4 is 0 Å². The van der Waals surface area contributed by atoms with Crippen LogP contribution < -0.4 is 5.32 Å². The van der Waals surface area contributed by atoms with Crippen LogP contribution in [-0.2, 0) is 0 Å². The number of hydrogen-bond acceptors (Lipinski definition) is 1. The smallest absolute Gasteiger partial charge is 0.00462 e. The van der Waals surface area contributed by atoms with Crippen molar-refractivity contribution in [3.63, 3.8) is 0 Å². The maximum atomic E-state index is 3.20. The molecule has 0 aliphatic rings. The van der Waals surface area contributed by atoms with Gasteiger partial charge in [0.25, 0.3) is 0 Å². The second-order valence-electron chi connectivity index (χ2n) is 4.15. The van der Waals surface area contributed by atoms with Gasteiger partial charge in [-0.2, -0.15) is 0 Å². The Bertz CT molecular complexity index is 291. The summed E-state index contributed by atoms with van der Waals surface area (Å²) >= 11 is 0. The van der Waals surface area contributed by atoms with Crippen molar-refractivity contribution in [3.05, 3.63) is 34.9 Å². The normalized spacial score (nSPS) is 12.9. The molecule has 1 N–H and O–H groups in total. The first-order chi connectivity index (χ1) is 6.65. The summed E-state index contributed by atoms with van der Waals surface area (Å²) in [5.74, 6) is 0.655. The Hall–Kier alpha value is -0.820. The lowest BCUT2D eigenvalue weighted by molar-refractivity contribution is 0.633. The summed E-state index contributed by atoms with van der Waals surface area (Å²) in [5, 5.41) is 3.20. The van der Waals surface area contributed by atoms with E-state index in [2.05, 4.69) is 44.3 Å². The molecule has 1 nitrogen and oxygen atoms in total. The Kier molecular flexibility index (Phi) is 4.15. The predicted octanol–water partition coefficient (Wildman–Crippen LogP) is 3.02. The van der Waals surface area contributed by atoms with Crippen LogP contribution in [0, 0.1) is 13.8 Å². The first-order valence-electron chi connectivity index (χ1n) is 5.37. The largest absolute Gasteiger partial charge is 0.320 e. The third-order valence-electron chi connectivity index (χ3n) is 2.79. The van der Waals surface area contributed by atoms with Gasteiger partial charge in [-0.25, -0.2) is 0 Å². The molecule has 1 atom stereocenters. The first-order valence-corrected chi connectivity index (χ1v) is 5.37. The van der Waals surface area contributed by atoms with Crippen molar-refractivity contribution in [1.82, 2.24) is 5.32 Å². The van der Waals surface area contributed by atoms with E-state index < -0.39 is 0 Å². The summed E-state index contributed by atoms with van der Waals surface area (Å²) < 4.78 is 0. The Morgan fingerprint density at radius 2 is 2.00 bits per heavy atom. The molecule has 0 aliphatic heterocycles. The van der Waals surface area contributed by atoms with Crippen LogP contribution in [0.15, 0.2) is 18.2 Å². The molecule has 78 valence electrons.